The summed E-state index contributed by atoms with van der Waals surface area (Å²) in [4.78, 5) is 0. The maximum atomic E-state index is 5.27. The number of benzene rings is 1. The summed E-state index contributed by atoms with van der Waals surface area (Å²) in [7, 11) is 4.74. The van der Waals surface area contributed by atoms with Crippen LogP contribution in [-0.4, -0.2) is 43.7 Å². The van der Waals surface area contributed by atoms with E-state index in [1.807, 2.05) is 0 Å². The van der Waals surface area contributed by atoms with E-state index in [1.54, 1.807) is 0 Å². The van der Waals surface area contributed by atoms with Gasteiger partial charge >= 0.3 is 0 Å². The molecule has 2 nitrogen and oxygen atoms in total. The third kappa shape index (κ3) is 18.7. The average Bonchev–Trinajstić information content (AvgIpc) is 3.59. The number of nitrogens with zero attached hydrogens (tertiary/aromatic N) is 1. The Bertz CT molecular complexity index is 501. The lowest BCUT2D eigenvalue weighted by atomic mass is 10.0. The largest absolute Gasteiger partial charge is 0.372 e. The lowest BCUT2D eigenvalue weighted by molar-refractivity contribution is -0.903. The number of ether oxygens (including phenoxy) is 1. The van der Waals surface area contributed by atoms with Crippen LogP contribution in [0.15, 0.2) is 30.3 Å². The van der Waals surface area contributed by atoms with E-state index in [4.69, 9.17) is 16.3 Å². The number of hydrogen-bond acceptors (Lipinski definition) is 1. The molecule has 1 atom stereocenters. The summed E-state index contributed by atoms with van der Waals surface area (Å²) in [6.07, 6.45) is 20.6. The van der Waals surface area contributed by atoms with Crippen LogP contribution in [0.4, 0.5) is 0 Å². The molecule has 0 spiro atoms. The molecular formula is C28H51ClNO+. The Morgan fingerprint density at radius 2 is 1.23 bits per heavy atom. The van der Waals surface area contributed by atoms with Crippen LogP contribution < -0.4 is 0 Å². The van der Waals surface area contributed by atoms with Crippen molar-refractivity contribution in [3.63, 3.8) is 0 Å². The van der Waals surface area contributed by atoms with Gasteiger partial charge in [0.1, 0.15) is 6.54 Å². The lowest BCUT2D eigenvalue weighted by Gasteiger charge is -2.30. The number of unbranched alkanes of at least 4 members (excludes halogenated alkanes) is 13. The van der Waals surface area contributed by atoms with E-state index in [0.717, 1.165) is 17.6 Å². The van der Waals surface area contributed by atoms with E-state index in [2.05, 4.69) is 51.4 Å². The van der Waals surface area contributed by atoms with Crippen LogP contribution in [0.25, 0.3) is 0 Å². The van der Waals surface area contributed by atoms with Crippen molar-refractivity contribution in [3.05, 3.63) is 35.9 Å². The zero-order valence-corrected chi connectivity index (χ0v) is 21.7. The standard InChI is InChI=1S/C25H46N.C3H5ClO/c1-4-5-6-7-8-9-10-11-12-13-14-15-16-20-23-26(2,3)24-25-21-18-17-19-22-25;4-1-3-2-5-3/h17-19,21-22H,4-16,20,23-24H2,1-3H3;3H,1-2H2/q+1;. The van der Waals surface area contributed by atoms with Crippen molar-refractivity contribution in [2.45, 2.75) is 109 Å². The number of epoxide rings is 1. The van der Waals surface area contributed by atoms with Crippen LogP contribution >= 0.6 is 11.6 Å². The minimum absolute atomic E-state index is 0.400. The van der Waals surface area contributed by atoms with Crippen molar-refractivity contribution in [2.75, 3.05) is 33.1 Å². The molecule has 0 saturated carbocycles. The monoisotopic (exact) mass is 452 g/mol. The van der Waals surface area contributed by atoms with Gasteiger partial charge in [0, 0.05) is 5.56 Å². The second kappa shape index (κ2) is 18.9. The van der Waals surface area contributed by atoms with Crippen molar-refractivity contribution in [3.8, 4) is 0 Å². The molecule has 31 heavy (non-hydrogen) atoms. The predicted octanol–water partition coefficient (Wildman–Crippen LogP) is 8.37. The molecule has 1 aromatic rings. The molecule has 0 amide bonds. The van der Waals surface area contributed by atoms with E-state index < -0.39 is 0 Å². The third-order valence-corrected chi connectivity index (χ3v) is 6.49. The van der Waals surface area contributed by atoms with Crippen LogP contribution in [-0.2, 0) is 11.3 Å². The Hall–Kier alpha value is -0.570. The van der Waals surface area contributed by atoms with Crippen LogP contribution in [0.1, 0.15) is 102 Å². The Balaban J connectivity index is 0.000000836. The molecule has 0 aliphatic carbocycles. The smallest absolute Gasteiger partial charge is 0.104 e. The summed E-state index contributed by atoms with van der Waals surface area (Å²) in [6, 6.07) is 10.9. The number of rotatable bonds is 18. The molecule has 1 aromatic carbocycles. The number of quaternary nitrogens is 1. The Labute approximate surface area is 199 Å². The van der Waals surface area contributed by atoms with Crippen molar-refractivity contribution in [2.24, 2.45) is 0 Å². The molecule has 0 radical (unpaired) electrons. The van der Waals surface area contributed by atoms with Crippen LogP contribution in [0, 0.1) is 0 Å². The first-order valence-electron chi connectivity index (χ1n) is 13.1. The van der Waals surface area contributed by atoms with Crippen LogP contribution in [0.3, 0.4) is 0 Å². The summed E-state index contributed by atoms with van der Waals surface area (Å²) >= 11 is 5.27. The van der Waals surface area contributed by atoms with Crippen molar-refractivity contribution in [1.82, 2.24) is 0 Å². The highest BCUT2D eigenvalue weighted by Crippen LogP contribution is 2.15. The average molecular weight is 453 g/mol. The Morgan fingerprint density at radius 1 is 0.774 bits per heavy atom. The van der Waals surface area contributed by atoms with Crippen LogP contribution in [0.5, 0.6) is 0 Å². The molecule has 0 aromatic heterocycles. The van der Waals surface area contributed by atoms with Crippen molar-refractivity contribution in [1.29, 1.82) is 0 Å². The zero-order valence-electron chi connectivity index (χ0n) is 20.9. The minimum Gasteiger partial charge on any atom is -0.372 e. The van der Waals surface area contributed by atoms with E-state index in [9.17, 15) is 0 Å². The molecule has 180 valence electrons. The van der Waals surface area contributed by atoms with Gasteiger partial charge < -0.3 is 9.22 Å². The number of hydrogen-bond donors (Lipinski definition) is 0. The molecular weight excluding hydrogens is 402 g/mol. The van der Waals surface area contributed by atoms with Gasteiger partial charge in [0.05, 0.1) is 39.2 Å². The van der Waals surface area contributed by atoms with E-state index in [0.29, 0.717) is 12.0 Å². The quantitative estimate of drug-likeness (QED) is 0.0942. The van der Waals surface area contributed by atoms with Gasteiger partial charge in [0.2, 0.25) is 0 Å². The fourth-order valence-corrected chi connectivity index (χ4v) is 4.23. The first kappa shape index (κ1) is 28.5. The van der Waals surface area contributed by atoms with E-state index >= 15 is 0 Å². The summed E-state index contributed by atoms with van der Waals surface area (Å²) in [5.74, 6) is 0.667. The van der Waals surface area contributed by atoms with Gasteiger partial charge in [-0.2, -0.15) is 0 Å². The molecule has 3 heteroatoms. The number of halogens is 1. The molecule has 1 heterocycles. The van der Waals surface area contributed by atoms with E-state index in [-0.39, 0.29) is 0 Å². The van der Waals surface area contributed by atoms with Gasteiger partial charge in [-0.25, -0.2) is 0 Å². The number of alkyl halides is 1. The highest BCUT2D eigenvalue weighted by molar-refractivity contribution is 6.18. The maximum absolute atomic E-state index is 5.27. The second-order valence-corrected chi connectivity index (χ2v) is 10.3. The summed E-state index contributed by atoms with van der Waals surface area (Å²) in [6.45, 7) is 5.63. The van der Waals surface area contributed by atoms with Gasteiger partial charge in [-0.05, 0) is 12.8 Å². The first-order chi connectivity index (χ1) is 15.1. The molecule has 1 unspecified atom stereocenters. The highest BCUT2D eigenvalue weighted by Gasteiger charge is 2.19. The fourth-order valence-electron chi connectivity index (χ4n) is 4.05. The SMILES string of the molecule is CCCCCCCCCCCCCCCC[N+](C)(C)Cc1ccccc1.ClCC1CO1. The lowest BCUT2D eigenvalue weighted by Crippen LogP contribution is -2.39. The third-order valence-electron chi connectivity index (χ3n) is 6.14. The van der Waals surface area contributed by atoms with Crippen molar-refractivity contribution < 1.29 is 9.22 Å². The van der Waals surface area contributed by atoms with Gasteiger partial charge in [-0.3, -0.25) is 0 Å². The van der Waals surface area contributed by atoms with Gasteiger partial charge in [-0.1, -0.05) is 114 Å². The summed E-state index contributed by atoms with van der Waals surface area (Å²) < 4.78 is 5.84. The predicted molar refractivity (Wildman–Crippen MR) is 138 cm³/mol. The minimum atomic E-state index is 0.400. The molecule has 1 saturated heterocycles. The molecule has 1 fully saturated rings. The Morgan fingerprint density at radius 3 is 1.61 bits per heavy atom. The molecule has 0 N–H and O–H groups in total. The first-order valence-corrected chi connectivity index (χ1v) is 13.6. The topological polar surface area (TPSA) is 12.5 Å². The van der Waals surface area contributed by atoms with Crippen LogP contribution in [0.2, 0.25) is 0 Å². The molecule has 0 bridgehead atoms. The highest BCUT2D eigenvalue weighted by atomic mass is 35.5. The zero-order chi connectivity index (χ0) is 22.6. The van der Waals surface area contributed by atoms with E-state index in [1.165, 1.54) is 102 Å². The van der Waals surface area contributed by atoms with Crippen molar-refractivity contribution >= 4 is 11.6 Å². The van der Waals surface area contributed by atoms with Gasteiger partial charge in [0.25, 0.3) is 0 Å². The van der Waals surface area contributed by atoms with Gasteiger partial charge in [0.15, 0.2) is 0 Å². The summed E-state index contributed by atoms with van der Waals surface area (Å²) in [5.41, 5.74) is 1.46. The molecule has 2 rings (SSSR count). The second-order valence-electron chi connectivity index (χ2n) is 10.0. The van der Waals surface area contributed by atoms with Gasteiger partial charge in [-0.15, -0.1) is 11.6 Å². The molecule has 1 aliphatic rings. The summed E-state index contributed by atoms with van der Waals surface area (Å²) in [5, 5.41) is 0. The molecule has 1 aliphatic heterocycles. The maximum Gasteiger partial charge on any atom is 0.104 e. The Kier molecular flexibility index (Phi) is 17.4. The normalized spacial score (nSPS) is 15.4. The fraction of sp³-hybridized carbons (Fsp3) is 0.786.